The number of carboxylic acid groups (broad SMARTS) is 1. The minimum absolute atomic E-state index is 0.366. The Labute approximate surface area is 87.7 Å². The van der Waals surface area contributed by atoms with Crippen molar-refractivity contribution in [2.75, 3.05) is 0 Å². The number of hydrogen-bond donors (Lipinski definition) is 1. The van der Waals surface area contributed by atoms with Crippen LogP contribution in [0, 0.1) is 5.92 Å². The summed E-state index contributed by atoms with van der Waals surface area (Å²) in [7, 11) is 0. The molecule has 0 atom stereocenters. The summed E-state index contributed by atoms with van der Waals surface area (Å²) in [5.74, 6) is 0.0652. The van der Waals surface area contributed by atoms with Gasteiger partial charge in [0.15, 0.2) is 0 Å². The molecule has 0 aliphatic heterocycles. The van der Waals surface area contributed by atoms with Gasteiger partial charge in [-0.1, -0.05) is 52.4 Å². The van der Waals surface area contributed by atoms with Crippen molar-refractivity contribution in [3.8, 4) is 0 Å². The normalized spacial score (nSPS) is 17.0. The first-order valence-corrected chi connectivity index (χ1v) is 5.92. The van der Waals surface area contributed by atoms with E-state index in [0.717, 1.165) is 6.42 Å². The summed E-state index contributed by atoms with van der Waals surface area (Å²) in [4.78, 5) is 10.2. The molecule has 2 heteroatoms. The molecule has 0 aromatic heterocycles. The summed E-state index contributed by atoms with van der Waals surface area (Å²) in [5.41, 5.74) is 0. The van der Waals surface area contributed by atoms with E-state index >= 15 is 0 Å². The van der Waals surface area contributed by atoms with Crippen molar-refractivity contribution in [2.45, 2.75) is 65.2 Å². The molecular formula is C12H24O2. The molecule has 0 aromatic carbocycles. The number of hydrogen-bond acceptors (Lipinski definition) is 1. The maximum Gasteiger partial charge on any atom is 0.303 e. The lowest BCUT2D eigenvalue weighted by Crippen LogP contribution is -2.08. The van der Waals surface area contributed by atoms with Crippen LogP contribution < -0.4 is 0 Å². The molecule has 84 valence electrons. The maximum atomic E-state index is 10.2. The molecule has 0 aromatic rings. The first kappa shape index (κ1) is 13.5. The van der Waals surface area contributed by atoms with Crippen LogP contribution in [0.4, 0.5) is 0 Å². The van der Waals surface area contributed by atoms with Gasteiger partial charge in [0.1, 0.15) is 0 Å². The monoisotopic (exact) mass is 200 g/mol. The van der Waals surface area contributed by atoms with Crippen LogP contribution >= 0.6 is 0 Å². The van der Waals surface area contributed by atoms with Crippen molar-refractivity contribution >= 4 is 5.97 Å². The molecule has 0 bridgehead atoms. The Balaban J connectivity index is 0.000000500. The average Bonchev–Trinajstić information content (AvgIpc) is 2.18. The van der Waals surface area contributed by atoms with E-state index in [2.05, 4.69) is 13.8 Å². The predicted molar refractivity (Wildman–Crippen MR) is 59.4 cm³/mol. The van der Waals surface area contributed by atoms with E-state index in [1.807, 2.05) is 0 Å². The van der Waals surface area contributed by atoms with Gasteiger partial charge in [0.2, 0.25) is 0 Å². The molecule has 1 saturated carbocycles. The highest BCUT2D eigenvalue weighted by atomic mass is 16.4. The lowest BCUT2D eigenvalue weighted by Gasteiger charge is -2.20. The highest BCUT2D eigenvalue weighted by Crippen LogP contribution is 2.26. The summed E-state index contributed by atoms with van der Waals surface area (Å²) in [6.07, 6.45) is 9.00. The first-order valence-electron chi connectivity index (χ1n) is 5.92. The summed E-state index contributed by atoms with van der Waals surface area (Å²) in [5, 5.41) is 8.44. The Morgan fingerprint density at radius 1 is 1.21 bits per heavy atom. The number of carbonyl (C=O) groups is 1. The van der Waals surface area contributed by atoms with Crippen LogP contribution in [0.15, 0.2) is 0 Å². The van der Waals surface area contributed by atoms with Crippen molar-refractivity contribution in [3.05, 3.63) is 0 Å². The van der Waals surface area contributed by atoms with Crippen molar-refractivity contribution in [1.29, 1.82) is 0 Å². The molecule has 1 rings (SSSR count). The Kier molecular flexibility index (Phi) is 8.70. The van der Waals surface area contributed by atoms with Gasteiger partial charge in [0.05, 0.1) is 0 Å². The lowest BCUT2D eigenvalue weighted by atomic mass is 9.86. The highest BCUT2D eigenvalue weighted by Gasteiger charge is 2.13. The molecule has 0 heterocycles. The molecule has 1 N–H and O–H groups in total. The van der Waals surface area contributed by atoms with E-state index < -0.39 is 5.97 Å². The van der Waals surface area contributed by atoms with Gasteiger partial charge in [0, 0.05) is 6.42 Å². The number of carboxylic acids is 1. The van der Waals surface area contributed by atoms with Crippen LogP contribution in [0.3, 0.4) is 0 Å². The Hall–Kier alpha value is -0.530. The Morgan fingerprint density at radius 2 is 1.71 bits per heavy atom. The van der Waals surface area contributed by atoms with Crippen molar-refractivity contribution < 1.29 is 9.90 Å². The molecule has 1 aliphatic rings. The second-order valence-electron chi connectivity index (χ2n) is 4.14. The van der Waals surface area contributed by atoms with E-state index in [9.17, 15) is 4.79 Å². The zero-order valence-electron chi connectivity index (χ0n) is 9.59. The van der Waals surface area contributed by atoms with Crippen LogP contribution in [-0.4, -0.2) is 11.1 Å². The van der Waals surface area contributed by atoms with Crippen LogP contribution in [0.25, 0.3) is 0 Å². The smallest absolute Gasteiger partial charge is 0.303 e. The molecule has 0 radical (unpaired) electrons. The minimum Gasteiger partial charge on any atom is -0.481 e. The van der Waals surface area contributed by atoms with Gasteiger partial charge >= 0.3 is 5.97 Å². The predicted octanol–water partition coefficient (Wildman–Crippen LogP) is 3.85. The number of rotatable bonds is 3. The molecule has 0 saturated heterocycles. The molecule has 0 amide bonds. The van der Waals surface area contributed by atoms with Gasteiger partial charge < -0.3 is 5.11 Å². The average molecular weight is 200 g/mol. The van der Waals surface area contributed by atoms with Gasteiger partial charge in [-0.25, -0.2) is 0 Å². The van der Waals surface area contributed by atoms with Crippen LogP contribution in [0.2, 0.25) is 0 Å². The van der Waals surface area contributed by atoms with Crippen molar-refractivity contribution in [3.63, 3.8) is 0 Å². The fourth-order valence-electron chi connectivity index (χ4n) is 1.80. The standard InChI is InChI=1S/C9H16O2.C3H8/c10-9(11)7-6-8-4-2-1-3-5-8;1-3-2/h8H,1-7H2,(H,10,11);3H2,1-2H3. The second-order valence-corrected chi connectivity index (χ2v) is 4.14. The molecule has 2 nitrogen and oxygen atoms in total. The summed E-state index contributed by atoms with van der Waals surface area (Å²) >= 11 is 0. The summed E-state index contributed by atoms with van der Waals surface area (Å²) in [6.45, 7) is 4.25. The van der Waals surface area contributed by atoms with E-state index in [-0.39, 0.29) is 0 Å². The van der Waals surface area contributed by atoms with E-state index in [4.69, 9.17) is 5.11 Å². The molecular weight excluding hydrogens is 176 g/mol. The van der Waals surface area contributed by atoms with E-state index in [0.29, 0.717) is 12.3 Å². The molecule has 0 unspecified atom stereocenters. The Bertz CT molecular complexity index is 137. The van der Waals surface area contributed by atoms with Crippen molar-refractivity contribution in [2.24, 2.45) is 5.92 Å². The second kappa shape index (κ2) is 9.04. The third kappa shape index (κ3) is 8.09. The topological polar surface area (TPSA) is 37.3 Å². The van der Waals surface area contributed by atoms with Crippen molar-refractivity contribution in [1.82, 2.24) is 0 Å². The molecule has 14 heavy (non-hydrogen) atoms. The van der Waals surface area contributed by atoms with E-state index in [1.54, 1.807) is 0 Å². The number of aliphatic carboxylic acids is 1. The SMILES string of the molecule is CCC.O=C(O)CCC1CCCCC1. The lowest BCUT2D eigenvalue weighted by molar-refractivity contribution is -0.137. The first-order chi connectivity index (χ1) is 6.70. The quantitative estimate of drug-likeness (QED) is 0.751. The zero-order chi connectivity index (χ0) is 10.8. The van der Waals surface area contributed by atoms with Gasteiger partial charge in [-0.2, -0.15) is 0 Å². The van der Waals surface area contributed by atoms with Crippen LogP contribution in [0.5, 0.6) is 0 Å². The van der Waals surface area contributed by atoms with E-state index in [1.165, 1.54) is 38.5 Å². The third-order valence-corrected chi connectivity index (χ3v) is 2.49. The fraction of sp³-hybridized carbons (Fsp3) is 0.917. The largest absolute Gasteiger partial charge is 0.481 e. The van der Waals surface area contributed by atoms with Gasteiger partial charge in [-0.3, -0.25) is 4.79 Å². The fourth-order valence-corrected chi connectivity index (χ4v) is 1.80. The molecule has 1 aliphatic carbocycles. The minimum atomic E-state index is -0.643. The van der Waals surface area contributed by atoms with Gasteiger partial charge in [-0.05, 0) is 12.3 Å². The molecule has 0 spiro atoms. The molecule has 1 fully saturated rings. The maximum absolute atomic E-state index is 10.2. The van der Waals surface area contributed by atoms with Gasteiger partial charge in [-0.15, -0.1) is 0 Å². The third-order valence-electron chi connectivity index (χ3n) is 2.49. The Morgan fingerprint density at radius 3 is 2.14 bits per heavy atom. The van der Waals surface area contributed by atoms with Crippen LogP contribution in [0.1, 0.15) is 65.2 Å². The summed E-state index contributed by atoms with van der Waals surface area (Å²) in [6, 6.07) is 0. The summed E-state index contributed by atoms with van der Waals surface area (Å²) < 4.78 is 0. The highest BCUT2D eigenvalue weighted by molar-refractivity contribution is 5.66. The zero-order valence-corrected chi connectivity index (χ0v) is 9.59. The van der Waals surface area contributed by atoms with Crippen LogP contribution in [-0.2, 0) is 4.79 Å². The van der Waals surface area contributed by atoms with Gasteiger partial charge in [0.25, 0.3) is 0 Å².